The van der Waals surface area contributed by atoms with E-state index in [2.05, 4.69) is 19.2 Å². The molecule has 1 saturated heterocycles. The molecule has 0 radical (unpaired) electrons. The first-order chi connectivity index (χ1) is 14.4. The van der Waals surface area contributed by atoms with Gasteiger partial charge in [0.15, 0.2) is 0 Å². The van der Waals surface area contributed by atoms with Crippen molar-refractivity contribution in [2.45, 2.75) is 62.8 Å². The normalized spacial score (nSPS) is 16.9. The summed E-state index contributed by atoms with van der Waals surface area (Å²) in [5, 5.41) is 3.07. The summed E-state index contributed by atoms with van der Waals surface area (Å²) < 4.78 is 27.5. The Bertz CT molecular complexity index is 919. The molecule has 1 N–H and O–H groups in total. The minimum Gasteiger partial charge on any atom is -0.353 e. The van der Waals surface area contributed by atoms with Gasteiger partial charge in [0.25, 0.3) is 0 Å². The number of carbonyl (C=O) groups is 1. The van der Waals surface area contributed by atoms with E-state index in [1.165, 1.54) is 4.31 Å². The topological polar surface area (TPSA) is 66.5 Å². The first-order valence-electron chi connectivity index (χ1n) is 10.8. The van der Waals surface area contributed by atoms with Gasteiger partial charge in [0.05, 0.1) is 4.90 Å². The maximum absolute atomic E-state index is 13.0. The van der Waals surface area contributed by atoms with Crippen molar-refractivity contribution in [1.82, 2.24) is 9.62 Å². The van der Waals surface area contributed by atoms with Crippen LogP contribution in [0.1, 0.15) is 56.6 Å². The molecule has 2 aromatic rings. The molecule has 0 aliphatic carbocycles. The quantitative estimate of drug-likeness (QED) is 0.688. The van der Waals surface area contributed by atoms with Crippen molar-refractivity contribution in [1.29, 1.82) is 0 Å². The Balaban J connectivity index is 1.50. The van der Waals surface area contributed by atoms with Crippen LogP contribution in [-0.4, -0.2) is 37.8 Å². The standard InChI is InChI=1S/C24H32N2O3S/c1-3-19(2)21-10-12-23(13-11-21)30(28,29)26-17-15-22(16-18-26)25-24(27)14-9-20-7-5-4-6-8-20/h4-8,10-13,19,22H,3,9,14-18H2,1-2H3,(H,25,27). The monoisotopic (exact) mass is 428 g/mol. The van der Waals surface area contributed by atoms with Gasteiger partial charge in [-0.1, -0.05) is 56.3 Å². The minimum atomic E-state index is -3.49. The van der Waals surface area contributed by atoms with Gasteiger partial charge < -0.3 is 5.32 Å². The molecule has 3 rings (SSSR count). The predicted molar refractivity (Wildman–Crippen MR) is 120 cm³/mol. The van der Waals surface area contributed by atoms with Gasteiger partial charge in [-0.15, -0.1) is 0 Å². The summed E-state index contributed by atoms with van der Waals surface area (Å²) in [5.41, 5.74) is 2.31. The molecule has 1 heterocycles. The summed E-state index contributed by atoms with van der Waals surface area (Å²) in [6.45, 7) is 5.13. The summed E-state index contributed by atoms with van der Waals surface area (Å²) in [4.78, 5) is 12.6. The average Bonchev–Trinajstić information content (AvgIpc) is 2.78. The van der Waals surface area contributed by atoms with Gasteiger partial charge in [-0.05, 0) is 54.9 Å². The van der Waals surface area contributed by atoms with E-state index in [-0.39, 0.29) is 11.9 Å². The molecule has 162 valence electrons. The fourth-order valence-corrected chi connectivity index (χ4v) is 5.27. The molecule has 5 nitrogen and oxygen atoms in total. The van der Waals surface area contributed by atoms with Gasteiger partial charge in [0.2, 0.25) is 15.9 Å². The summed E-state index contributed by atoms with van der Waals surface area (Å²) in [6, 6.07) is 17.3. The van der Waals surface area contributed by atoms with Crippen LogP contribution < -0.4 is 5.32 Å². The van der Waals surface area contributed by atoms with Crippen LogP contribution in [0.15, 0.2) is 59.5 Å². The van der Waals surface area contributed by atoms with Crippen molar-refractivity contribution in [3.05, 3.63) is 65.7 Å². The second-order valence-electron chi connectivity index (χ2n) is 8.11. The Kier molecular flexibility index (Phi) is 7.67. The number of piperidine rings is 1. The van der Waals surface area contributed by atoms with Gasteiger partial charge in [-0.2, -0.15) is 4.31 Å². The van der Waals surface area contributed by atoms with E-state index < -0.39 is 10.0 Å². The van der Waals surface area contributed by atoms with Crippen molar-refractivity contribution in [3.8, 4) is 0 Å². The van der Waals surface area contributed by atoms with E-state index in [4.69, 9.17) is 0 Å². The Morgan fingerprint density at radius 2 is 1.70 bits per heavy atom. The maximum atomic E-state index is 13.0. The Morgan fingerprint density at radius 1 is 1.07 bits per heavy atom. The zero-order valence-electron chi connectivity index (χ0n) is 17.9. The SMILES string of the molecule is CCC(C)c1ccc(S(=O)(=O)N2CCC(NC(=O)CCc3ccccc3)CC2)cc1. The third kappa shape index (κ3) is 5.70. The van der Waals surface area contributed by atoms with Crippen molar-refractivity contribution >= 4 is 15.9 Å². The van der Waals surface area contributed by atoms with Gasteiger partial charge in [-0.3, -0.25) is 4.79 Å². The van der Waals surface area contributed by atoms with Crippen LogP contribution in [0.2, 0.25) is 0 Å². The summed E-state index contributed by atoms with van der Waals surface area (Å²) in [7, 11) is -3.49. The van der Waals surface area contributed by atoms with Gasteiger partial charge in [0.1, 0.15) is 0 Å². The number of hydrogen-bond donors (Lipinski definition) is 1. The largest absolute Gasteiger partial charge is 0.353 e. The van der Waals surface area contributed by atoms with Crippen LogP contribution in [-0.2, 0) is 21.2 Å². The molecule has 0 bridgehead atoms. The second kappa shape index (κ2) is 10.2. The van der Waals surface area contributed by atoms with E-state index in [0.717, 1.165) is 17.5 Å². The number of carbonyl (C=O) groups excluding carboxylic acids is 1. The van der Waals surface area contributed by atoms with E-state index in [1.807, 2.05) is 42.5 Å². The molecule has 0 saturated carbocycles. The lowest BCUT2D eigenvalue weighted by Crippen LogP contribution is -2.46. The molecule has 2 aromatic carbocycles. The molecular weight excluding hydrogens is 396 g/mol. The molecule has 0 spiro atoms. The molecule has 1 aliphatic rings. The maximum Gasteiger partial charge on any atom is 0.243 e. The Labute approximate surface area is 180 Å². The van der Waals surface area contributed by atoms with E-state index in [1.54, 1.807) is 12.1 Å². The van der Waals surface area contributed by atoms with Crippen molar-refractivity contribution in [3.63, 3.8) is 0 Å². The number of nitrogens with zero attached hydrogens (tertiary/aromatic N) is 1. The molecule has 6 heteroatoms. The van der Waals surface area contributed by atoms with Crippen LogP contribution >= 0.6 is 0 Å². The number of amides is 1. The van der Waals surface area contributed by atoms with Gasteiger partial charge >= 0.3 is 0 Å². The summed E-state index contributed by atoms with van der Waals surface area (Å²) in [5.74, 6) is 0.448. The molecule has 1 amide bonds. The van der Waals surface area contributed by atoms with E-state index in [0.29, 0.717) is 49.6 Å². The highest BCUT2D eigenvalue weighted by atomic mass is 32.2. The molecule has 0 aromatic heterocycles. The predicted octanol–water partition coefficient (Wildman–Crippen LogP) is 4.10. The average molecular weight is 429 g/mol. The van der Waals surface area contributed by atoms with Crippen molar-refractivity contribution < 1.29 is 13.2 Å². The smallest absolute Gasteiger partial charge is 0.243 e. The van der Waals surface area contributed by atoms with Gasteiger partial charge in [0, 0.05) is 25.6 Å². The Morgan fingerprint density at radius 3 is 2.30 bits per heavy atom. The minimum absolute atomic E-state index is 0.0285. The first-order valence-corrected chi connectivity index (χ1v) is 12.3. The molecule has 1 fully saturated rings. The lowest BCUT2D eigenvalue weighted by atomic mass is 9.99. The molecular formula is C24H32N2O3S. The Hall–Kier alpha value is -2.18. The van der Waals surface area contributed by atoms with Crippen molar-refractivity contribution in [2.75, 3.05) is 13.1 Å². The number of benzene rings is 2. The summed E-state index contributed by atoms with van der Waals surface area (Å²) in [6.07, 6.45) is 3.47. The number of rotatable bonds is 8. The third-order valence-electron chi connectivity index (χ3n) is 6.00. The fraction of sp³-hybridized carbons (Fsp3) is 0.458. The number of hydrogen-bond acceptors (Lipinski definition) is 3. The lowest BCUT2D eigenvalue weighted by Gasteiger charge is -2.31. The van der Waals surface area contributed by atoms with E-state index >= 15 is 0 Å². The van der Waals surface area contributed by atoms with Crippen LogP contribution in [0, 0.1) is 0 Å². The lowest BCUT2D eigenvalue weighted by molar-refractivity contribution is -0.122. The third-order valence-corrected chi connectivity index (χ3v) is 7.91. The molecule has 1 atom stereocenters. The highest BCUT2D eigenvalue weighted by Gasteiger charge is 2.30. The second-order valence-corrected chi connectivity index (χ2v) is 10.0. The van der Waals surface area contributed by atoms with Crippen molar-refractivity contribution in [2.24, 2.45) is 0 Å². The molecule has 1 unspecified atom stereocenters. The highest BCUT2D eigenvalue weighted by Crippen LogP contribution is 2.24. The zero-order valence-corrected chi connectivity index (χ0v) is 18.7. The summed E-state index contributed by atoms with van der Waals surface area (Å²) >= 11 is 0. The number of nitrogens with one attached hydrogen (secondary N) is 1. The van der Waals surface area contributed by atoms with Gasteiger partial charge in [-0.25, -0.2) is 8.42 Å². The first kappa shape index (κ1) is 22.5. The fourth-order valence-electron chi connectivity index (χ4n) is 3.80. The number of aryl methyl sites for hydroxylation is 1. The number of sulfonamides is 1. The highest BCUT2D eigenvalue weighted by molar-refractivity contribution is 7.89. The van der Waals surface area contributed by atoms with Crippen LogP contribution in [0.3, 0.4) is 0 Å². The van der Waals surface area contributed by atoms with E-state index in [9.17, 15) is 13.2 Å². The molecule has 30 heavy (non-hydrogen) atoms. The van der Waals surface area contributed by atoms with Crippen LogP contribution in [0.5, 0.6) is 0 Å². The van der Waals surface area contributed by atoms with Crippen LogP contribution in [0.4, 0.5) is 0 Å². The molecule has 1 aliphatic heterocycles. The van der Waals surface area contributed by atoms with Crippen LogP contribution in [0.25, 0.3) is 0 Å². The zero-order chi connectivity index (χ0) is 21.6.